The van der Waals surface area contributed by atoms with Crippen molar-refractivity contribution in [3.05, 3.63) is 0 Å². The van der Waals surface area contributed by atoms with Crippen LogP contribution in [-0.4, -0.2) is 11.2 Å². The first-order chi connectivity index (χ1) is 7.00. The van der Waals surface area contributed by atoms with E-state index < -0.39 is 0 Å². The first-order valence-corrected chi connectivity index (χ1v) is 6.09. The zero-order valence-electron chi connectivity index (χ0n) is 9.79. The van der Waals surface area contributed by atoms with Gasteiger partial charge in [0.25, 0.3) is 0 Å². The molecule has 2 aliphatic carbocycles. The zero-order chi connectivity index (χ0) is 11.1. The summed E-state index contributed by atoms with van der Waals surface area (Å²) in [5.74, 6) is 0.493. The molecular weight excluding hydrogens is 186 g/mol. The highest BCUT2D eigenvalue weighted by Gasteiger charge is 2.52. The highest BCUT2D eigenvalue weighted by atomic mass is 16.3. The second kappa shape index (κ2) is 3.49. The molecule has 3 unspecified atom stereocenters. The first kappa shape index (κ1) is 11.0. The van der Waals surface area contributed by atoms with Crippen molar-refractivity contribution >= 4 is 0 Å². The lowest BCUT2D eigenvalue weighted by atomic mass is 9.51. The largest absolute Gasteiger partial charge is 0.393 e. The number of nitriles is 1. The second-order valence-corrected chi connectivity index (χ2v) is 6.10. The molecule has 2 fully saturated rings. The van der Waals surface area contributed by atoms with Gasteiger partial charge in [-0.15, -0.1) is 0 Å². The highest BCUT2D eigenvalue weighted by molar-refractivity contribution is 5.11. The van der Waals surface area contributed by atoms with E-state index in [1.807, 2.05) is 0 Å². The molecule has 0 aromatic heterocycles. The molecule has 3 atom stereocenters. The van der Waals surface area contributed by atoms with Crippen LogP contribution in [0.15, 0.2) is 0 Å². The van der Waals surface area contributed by atoms with E-state index in [1.54, 1.807) is 0 Å². The van der Waals surface area contributed by atoms with Gasteiger partial charge in [-0.1, -0.05) is 20.3 Å². The second-order valence-electron chi connectivity index (χ2n) is 6.10. The van der Waals surface area contributed by atoms with Crippen LogP contribution in [-0.2, 0) is 0 Å². The van der Waals surface area contributed by atoms with Gasteiger partial charge in [0.15, 0.2) is 0 Å². The van der Waals surface area contributed by atoms with Gasteiger partial charge in [0, 0.05) is 0 Å². The monoisotopic (exact) mass is 207 g/mol. The lowest BCUT2D eigenvalue weighted by molar-refractivity contribution is -0.0516. The number of hydrogen-bond donors (Lipinski definition) is 1. The number of aliphatic hydroxyl groups excluding tert-OH is 1. The molecule has 1 N–H and O–H groups in total. The third-order valence-corrected chi connectivity index (χ3v) is 4.67. The van der Waals surface area contributed by atoms with E-state index in [-0.39, 0.29) is 16.9 Å². The zero-order valence-corrected chi connectivity index (χ0v) is 9.79. The van der Waals surface area contributed by atoms with Crippen LogP contribution < -0.4 is 0 Å². The van der Waals surface area contributed by atoms with Crippen molar-refractivity contribution in [3.8, 4) is 6.07 Å². The number of aliphatic hydroxyl groups is 1. The molecule has 0 aromatic carbocycles. The van der Waals surface area contributed by atoms with Crippen molar-refractivity contribution in [1.82, 2.24) is 0 Å². The number of hydrogen-bond acceptors (Lipinski definition) is 2. The van der Waals surface area contributed by atoms with E-state index in [1.165, 1.54) is 6.42 Å². The molecule has 2 heteroatoms. The minimum absolute atomic E-state index is 0.223. The van der Waals surface area contributed by atoms with Crippen molar-refractivity contribution in [2.24, 2.45) is 16.7 Å². The third kappa shape index (κ3) is 1.67. The van der Waals surface area contributed by atoms with Crippen molar-refractivity contribution in [2.45, 2.75) is 58.5 Å². The minimum atomic E-state index is -0.241. The fraction of sp³-hybridized carbons (Fsp3) is 0.923. The Kier molecular flexibility index (Phi) is 2.55. The van der Waals surface area contributed by atoms with Crippen LogP contribution in [0.3, 0.4) is 0 Å². The Labute approximate surface area is 92.3 Å². The van der Waals surface area contributed by atoms with Gasteiger partial charge in [-0.05, 0) is 43.4 Å². The summed E-state index contributed by atoms with van der Waals surface area (Å²) in [6, 6.07) is 2.55. The van der Waals surface area contributed by atoms with Crippen LogP contribution in [0.4, 0.5) is 0 Å². The first-order valence-electron chi connectivity index (χ1n) is 6.09. The molecule has 15 heavy (non-hydrogen) atoms. The Morgan fingerprint density at radius 1 is 1.27 bits per heavy atom. The molecular formula is C13H21NO. The predicted octanol–water partition coefficient (Wildman–Crippen LogP) is 2.87. The minimum Gasteiger partial charge on any atom is -0.393 e. The molecule has 84 valence electrons. The highest BCUT2D eigenvalue weighted by Crippen LogP contribution is 2.57. The van der Waals surface area contributed by atoms with E-state index >= 15 is 0 Å². The van der Waals surface area contributed by atoms with Gasteiger partial charge >= 0.3 is 0 Å². The predicted molar refractivity (Wildman–Crippen MR) is 59.0 cm³/mol. The van der Waals surface area contributed by atoms with Gasteiger partial charge < -0.3 is 5.11 Å². The summed E-state index contributed by atoms with van der Waals surface area (Å²) in [4.78, 5) is 0. The van der Waals surface area contributed by atoms with Gasteiger partial charge in [-0.3, -0.25) is 0 Å². The molecule has 0 radical (unpaired) electrons. The van der Waals surface area contributed by atoms with Gasteiger partial charge in [-0.25, -0.2) is 0 Å². The summed E-state index contributed by atoms with van der Waals surface area (Å²) in [5.41, 5.74) is 0.0630. The molecule has 0 aromatic rings. The standard InChI is InChI=1S/C13H21NO/c1-12(2)6-3-7-13(9-14)8-10(15)4-5-11(12)13/h10-11,15H,3-8H2,1-2H3. The lowest BCUT2D eigenvalue weighted by Gasteiger charge is -2.52. The van der Waals surface area contributed by atoms with Gasteiger partial charge in [-0.2, -0.15) is 5.26 Å². The molecule has 2 nitrogen and oxygen atoms in total. The maximum absolute atomic E-state index is 9.76. The Balaban J connectivity index is 2.31. The van der Waals surface area contributed by atoms with Crippen LogP contribution >= 0.6 is 0 Å². The maximum atomic E-state index is 9.76. The smallest absolute Gasteiger partial charge is 0.0693 e. The van der Waals surface area contributed by atoms with Crippen molar-refractivity contribution < 1.29 is 5.11 Å². The van der Waals surface area contributed by atoms with E-state index in [9.17, 15) is 10.4 Å². The van der Waals surface area contributed by atoms with Crippen molar-refractivity contribution in [3.63, 3.8) is 0 Å². The van der Waals surface area contributed by atoms with Crippen LogP contribution in [0.25, 0.3) is 0 Å². The van der Waals surface area contributed by atoms with Crippen LogP contribution in [0.2, 0.25) is 0 Å². The summed E-state index contributed by atoms with van der Waals surface area (Å²) >= 11 is 0. The topological polar surface area (TPSA) is 44.0 Å². The van der Waals surface area contributed by atoms with Crippen LogP contribution in [0, 0.1) is 28.1 Å². The molecule has 0 saturated heterocycles. The van der Waals surface area contributed by atoms with E-state index in [4.69, 9.17) is 0 Å². The maximum Gasteiger partial charge on any atom is 0.0693 e. The molecule has 0 bridgehead atoms. The van der Waals surface area contributed by atoms with E-state index in [0.717, 1.165) is 25.7 Å². The fourth-order valence-electron chi connectivity index (χ4n) is 3.93. The van der Waals surface area contributed by atoms with Gasteiger partial charge in [0.2, 0.25) is 0 Å². The summed E-state index contributed by atoms with van der Waals surface area (Å²) in [6.45, 7) is 4.58. The molecule has 0 aliphatic heterocycles. The molecule has 2 aliphatic rings. The molecule has 0 heterocycles. The normalized spacial score (nSPS) is 44.1. The summed E-state index contributed by atoms with van der Waals surface area (Å²) in [5, 5.41) is 19.2. The SMILES string of the molecule is CC1(C)CCCC2(C#N)CC(O)CCC12. The van der Waals surface area contributed by atoms with Crippen LogP contribution in [0.1, 0.15) is 52.4 Å². The molecule has 0 spiro atoms. The Hall–Kier alpha value is -0.550. The summed E-state index contributed by atoms with van der Waals surface area (Å²) in [6.07, 6.45) is 5.75. The van der Waals surface area contributed by atoms with E-state index in [0.29, 0.717) is 12.3 Å². The Morgan fingerprint density at radius 3 is 2.67 bits per heavy atom. The van der Waals surface area contributed by atoms with Crippen molar-refractivity contribution in [1.29, 1.82) is 5.26 Å². The third-order valence-electron chi connectivity index (χ3n) is 4.67. The Morgan fingerprint density at radius 2 is 2.00 bits per heavy atom. The molecule has 2 saturated carbocycles. The van der Waals surface area contributed by atoms with Crippen molar-refractivity contribution in [2.75, 3.05) is 0 Å². The quantitative estimate of drug-likeness (QED) is 0.663. The molecule has 0 amide bonds. The number of nitrogens with zero attached hydrogens (tertiary/aromatic N) is 1. The van der Waals surface area contributed by atoms with Gasteiger partial charge in [0.1, 0.15) is 0 Å². The summed E-state index contributed by atoms with van der Waals surface area (Å²) < 4.78 is 0. The average Bonchev–Trinajstić information content (AvgIpc) is 2.16. The Bertz CT molecular complexity index is 291. The summed E-state index contributed by atoms with van der Waals surface area (Å²) in [7, 11) is 0. The fourth-order valence-corrected chi connectivity index (χ4v) is 3.93. The van der Waals surface area contributed by atoms with Crippen LogP contribution in [0.5, 0.6) is 0 Å². The molecule has 2 rings (SSSR count). The van der Waals surface area contributed by atoms with Gasteiger partial charge in [0.05, 0.1) is 17.6 Å². The number of fused-ring (bicyclic) bond motifs is 1. The average molecular weight is 207 g/mol. The number of rotatable bonds is 0. The lowest BCUT2D eigenvalue weighted by Crippen LogP contribution is -2.48. The van der Waals surface area contributed by atoms with E-state index in [2.05, 4.69) is 19.9 Å².